The van der Waals surface area contributed by atoms with Crippen molar-refractivity contribution in [3.63, 3.8) is 0 Å². The summed E-state index contributed by atoms with van der Waals surface area (Å²) in [7, 11) is 0. The van der Waals surface area contributed by atoms with Crippen molar-refractivity contribution in [2.45, 2.75) is 66.0 Å². The second kappa shape index (κ2) is 7.21. The topological polar surface area (TPSA) is 41.0 Å². The molecule has 1 saturated heterocycles. The van der Waals surface area contributed by atoms with E-state index in [-0.39, 0.29) is 0 Å². The molecule has 0 unspecified atom stereocenters. The number of hydrogen-bond acceptors (Lipinski definition) is 4. The summed E-state index contributed by atoms with van der Waals surface area (Å²) < 4.78 is 0. The fourth-order valence-electron chi connectivity index (χ4n) is 3.09. The second-order valence-corrected chi connectivity index (χ2v) is 6.61. The van der Waals surface area contributed by atoms with E-state index in [0.29, 0.717) is 11.5 Å². The lowest BCUT2D eigenvalue weighted by atomic mass is 9.74. The van der Waals surface area contributed by atoms with E-state index >= 15 is 0 Å². The average molecular weight is 290 g/mol. The van der Waals surface area contributed by atoms with Gasteiger partial charge in [0.25, 0.3) is 0 Å². The molecule has 118 valence electrons. The molecule has 1 aromatic heterocycles. The van der Waals surface area contributed by atoms with Crippen LogP contribution in [0, 0.1) is 5.41 Å². The minimum atomic E-state index is 0.477. The van der Waals surface area contributed by atoms with E-state index in [1.165, 1.54) is 25.7 Å². The van der Waals surface area contributed by atoms with E-state index in [9.17, 15) is 0 Å². The first-order valence-corrected chi connectivity index (χ1v) is 8.39. The van der Waals surface area contributed by atoms with Crippen LogP contribution in [-0.4, -0.2) is 29.3 Å². The molecule has 1 aliphatic heterocycles. The van der Waals surface area contributed by atoms with E-state index in [2.05, 4.69) is 60.2 Å². The maximum absolute atomic E-state index is 4.42. The number of piperidine rings is 1. The van der Waals surface area contributed by atoms with Crippen LogP contribution in [0.4, 0.5) is 5.82 Å². The summed E-state index contributed by atoms with van der Waals surface area (Å²) in [5, 5.41) is 12.1. The molecular weight excluding hydrogens is 260 g/mol. The van der Waals surface area contributed by atoms with Gasteiger partial charge < -0.3 is 10.2 Å². The van der Waals surface area contributed by atoms with Crippen molar-refractivity contribution in [1.29, 1.82) is 0 Å². The maximum Gasteiger partial charge on any atom is 0.151 e. The molecule has 1 aromatic rings. The summed E-state index contributed by atoms with van der Waals surface area (Å²) >= 11 is 0. The van der Waals surface area contributed by atoms with Gasteiger partial charge in [0.15, 0.2) is 5.82 Å². The van der Waals surface area contributed by atoms with Crippen LogP contribution >= 0.6 is 0 Å². The quantitative estimate of drug-likeness (QED) is 0.872. The lowest BCUT2D eigenvalue weighted by Crippen LogP contribution is -2.40. The highest BCUT2D eigenvalue weighted by Crippen LogP contribution is 2.38. The summed E-state index contributed by atoms with van der Waals surface area (Å²) in [6.45, 7) is 12.0. The Hall–Kier alpha value is -1.16. The molecular formula is C17H30N4. The molecule has 4 nitrogen and oxygen atoms in total. The highest BCUT2D eigenvalue weighted by atomic mass is 15.3. The molecule has 21 heavy (non-hydrogen) atoms. The Morgan fingerprint density at radius 3 is 2.29 bits per heavy atom. The second-order valence-electron chi connectivity index (χ2n) is 6.61. The van der Waals surface area contributed by atoms with Crippen LogP contribution in [0.2, 0.25) is 0 Å². The normalized spacial score (nSPS) is 18.2. The van der Waals surface area contributed by atoms with Crippen LogP contribution in [0.25, 0.3) is 0 Å². The molecule has 4 heteroatoms. The van der Waals surface area contributed by atoms with Gasteiger partial charge in [0.2, 0.25) is 0 Å². The zero-order valence-corrected chi connectivity index (χ0v) is 14.0. The van der Waals surface area contributed by atoms with Gasteiger partial charge in [-0.15, -0.1) is 5.10 Å². The van der Waals surface area contributed by atoms with Gasteiger partial charge in [-0.3, -0.25) is 0 Å². The Morgan fingerprint density at radius 1 is 1.14 bits per heavy atom. The van der Waals surface area contributed by atoms with Gasteiger partial charge in [0.05, 0.1) is 5.69 Å². The molecule has 0 saturated carbocycles. The van der Waals surface area contributed by atoms with Gasteiger partial charge in [0, 0.05) is 25.7 Å². The van der Waals surface area contributed by atoms with Crippen molar-refractivity contribution in [2.24, 2.45) is 5.41 Å². The maximum atomic E-state index is 4.42. The van der Waals surface area contributed by atoms with Crippen molar-refractivity contribution in [3.8, 4) is 0 Å². The van der Waals surface area contributed by atoms with Crippen molar-refractivity contribution in [1.82, 2.24) is 15.5 Å². The zero-order chi connectivity index (χ0) is 15.3. The Labute approximate surface area is 129 Å². The predicted octanol–water partition coefficient (Wildman–Crippen LogP) is 3.38. The highest BCUT2D eigenvalue weighted by Gasteiger charge is 2.31. The summed E-state index contributed by atoms with van der Waals surface area (Å²) in [6.07, 6.45) is 5.14. The van der Waals surface area contributed by atoms with Crippen LogP contribution in [0.3, 0.4) is 0 Å². The van der Waals surface area contributed by atoms with Crippen LogP contribution < -0.4 is 10.2 Å². The Balaban J connectivity index is 1.92. The largest absolute Gasteiger partial charge is 0.355 e. The summed E-state index contributed by atoms with van der Waals surface area (Å²) in [4.78, 5) is 2.39. The minimum absolute atomic E-state index is 0.477. The molecule has 0 amide bonds. The highest BCUT2D eigenvalue weighted by molar-refractivity contribution is 5.38. The Morgan fingerprint density at radius 2 is 1.81 bits per heavy atom. The van der Waals surface area contributed by atoms with E-state index in [1.54, 1.807) is 0 Å². The predicted molar refractivity (Wildman–Crippen MR) is 88.5 cm³/mol. The van der Waals surface area contributed by atoms with Crippen molar-refractivity contribution >= 4 is 5.82 Å². The third kappa shape index (κ3) is 4.16. The molecule has 2 rings (SSSR count). The number of anilines is 1. The molecule has 0 atom stereocenters. The molecule has 0 aliphatic carbocycles. The van der Waals surface area contributed by atoms with Crippen molar-refractivity contribution in [3.05, 3.63) is 17.8 Å². The third-order valence-corrected chi connectivity index (χ3v) is 5.05. The van der Waals surface area contributed by atoms with Gasteiger partial charge in [-0.2, -0.15) is 5.10 Å². The van der Waals surface area contributed by atoms with Crippen molar-refractivity contribution in [2.75, 3.05) is 18.0 Å². The van der Waals surface area contributed by atoms with Crippen LogP contribution in [0.1, 0.15) is 59.1 Å². The third-order valence-electron chi connectivity index (χ3n) is 5.05. The molecule has 0 aromatic carbocycles. The lowest BCUT2D eigenvalue weighted by molar-refractivity contribution is 0.199. The van der Waals surface area contributed by atoms with Crippen molar-refractivity contribution < 1.29 is 0 Å². The fraction of sp³-hybridized carbons (Fsp3) is 0.765. The molecule has 0 radical (unpaired) electrons. The standard InChI is InChI=1S/C17H30N4/c1-5-17(6-2)9-11-21(12-10-17)16-8-7-15(19-20-16)13-18-14(3)4/h7-8,14,18H,5-6,9-13H2,1-4H3. The smallest absolute Gasteiger partial charge is 0.151 e. The summed E-state index contributed by atoms with van der Waals surface area (Å²) in [6, 6.07) is 4.69. The fourth-order valence-corrected chi connectivity index (χ4v) is 3.09. The van der Waals surface area contributed by atoms with E-state index in [0.717, 1.165) is 31.1 Å². The van der Waals surface area contributed by atoms with Crippen LogP contribution in [-0.2, 0) is 6.54 Å². The lowest BCUT2D eigenvalue weighted by Gasteiger charge is -2.41. The van der Waals surface area contributed by atoms with Gasteiger partial charge in [-0.05, 0) is 30.4 Å². The molecule has 2 heterocycles. The minimum Gasteiger partial charge on any atom is -0.355 e. The molecule has 0 spiro atoms. The first-order chi connectivity index (χ1) is 10.1. The first kappa shape index (κ1) is 16.2. The van der Waals surface area contributed by atoms with Crippen LogP contribution in [0.15, 0.2) is 12.1 Å². The van der Waals surface area contributed by atoms with Crippen LogP contribution in [0.5, 0.6) is 0 Å². The SMILES string of the molecule is CCC1(CC)CCN(c2ccc(CNC(C)C)nn2)CC1. The molecule has 1 N–H and O–H groups in total. The number of aromatic nitrogens is 2. The molecule has 1 aliphatic rings. The number of nitrogens with one attached hydrogen (secondary N) is 1. The van der Waals surface area contributed by atoms with Gasteiger partial charge in [-0.25, -0.2) is 0 Å². The monoisotopic (exact) mass is 290 g/mol. The van der Waals surface area contributed by atoms with E-state index < -0.39 is 0 Å². The summed E-state index contributed by atoms with van der Waals surface area (Å²) in [5.41, 5.74) is 1.58. The zero-order valence-electron chi connectivity index (χ0n) is 14.0. The van der Waals surface area contributed by atoms with Gasteiger partial charge in [-0.1, -0.05) is 40.5 Å². The van der Waals surface area contributed by atoms with E-state index in [4.69, 9.17) is 0 Å². The Kier molecular flexibility index (Phi) is 5.57. The Bertz CT molecular complexity index is 413. The molecule has 0 bridgehead atoms. The number of hydrogen-bond donors (Lipinski definition) is 1. The molecule has 1 fully saturated rings. The average Bonchev–Trinajstić information content (AvgIpc) is 2.53. The summed E-state index contributed by atoms with van der Waals surface area (Å²) in [5.74, 6) is 1.03. The first-order valence-electron chi connectivity index (χ1n) is 8.39. The number of rotatable bonds is 6. The number of nitrogens with zero attached hydrogens (tertiary/aromatic N) is 3. The van der Waals surface area contributed by atoms with Gasteiger partial charge >= 0.3 is 0 Å². The van der Waals surface area contributed by atoms with E-state index in [1.807, 2.05) is 0 Å². The van der Waals surface area contributed by atoms with Gasteiger partial charge in [0.1, 0.15) is 0 Å².